The predicted octanol–water partition coefficient (Wildman–Crippen LogP) is 2.91. The van der Waals surface area contributed by atoms with Crippen LogP contribution in [0.25, 0.3) is 10.9 Å². The summed E-state index contributed by atoms with van der Waals surface area (Å²) in [6.45, 7) is 1.16. The second kappa shape index (κ2) is 8.29. The van der Waals surface area contributed by atoms with E-state index < -0.39 is 10.0 Å². The number of rotatable bonds is 5. The van der Waals surface area contributed by atoms with Crippen molar-refractivity contribution in [2.24, 2.45) is 0 Å². The first-order chi connectivity index (χ1) is 14.4. The number of benzene rings is 2. The van der Waals surface area contributed by atoms with E-state index in [1.807, 2.05) is 24.4 Å². The van der Waals surface area contributed by atoms with E-state index in [4.69, 9.17) is 16.3 Å². The Morgan fingerprint density at radius 2 is 1.87 bits per heavy atom. The molecule has 0 spiro atoms. The molecule has 1 saturated heterocycles. The summed E-state index contributed by atoms with van der Waals surface area (Å²) in [6.07, 6.45) is 2.07. The number of H-pyrrole nitrogens is 1. The number of nitrogens with zero attached hydrogens (tertiary/aromatic N) is 2. The molecule has 4 rings (SSSR count). The Labute approximate surface area is 180 Å². The molecular formula is C21H22ClN3O4S. The van der Waals surface area contributed by atoms with Crippen LogP contribution in [0.5, 0.6) is 5.75 Å². The van der Waals surface area contributed by atoms with Crippen molar-refractivity contribution in [1.29, 1.82) is 0 Å². The summed E-state index contributed by atoms with van der Waals surface area (Å²) in [7, 11) is -2.08. The van der Waals surface area contributed by atoms with Crippen molar-refractivity contribution < 1.29 is 17.9 Å². The SMILES string of the molecule is COc1ccc2[nH]cc(CC(=O)N3CCN(S(=O)(=O)c4ccccc4Cl)CC3)c2c1. The van der Waals surface area contributed by atoms with Crippen LogP contribution in [0.15, 0.2) is 53.6 Å². The zero-order valence-electron chi connectivity index (χ0n) is 16.5. The summed E-state index contributed by atoms with van der Waals surface area (Å²) in [6, 6.07) is 12.1. The minimum atomic E-state index is -3.68. The van der Waals surface area contributed by atoms with Crippen molar-refractivity contribution in [2.45, 2.75) is 11.3 Å². The lowest BCUT2D eigenvalue weighted by atomic mass is 10.1. The van der Waals surface area contributed by atoms with Gasteiger partial charge in [-0.15, -0.1) is 0 Å². The zero-order valence-corrected chi connectivity index (χ0v) is 18.0. The molecule has 1 aliphatic heterocycles. The Morgan fingerprint density at radius 1 is 1.13 bits per heavy atom. The van der Waals surface area contributed by atoms with Crippen LogP contribution < -0.4 is 4.74 Å². The monoisotopic (exact) mass is 447 g/mol. The Balaban J connectivity index is 1.43. The van der Waals surface area contributed by atoms with E-state index in [2.05, 4.69) is 4.98 Å². The van der Waals surface area contributed by atoms with Crippen LogP contribution in [0.2, 0.25) is 5.02 Å². The molecule has 0 bridgehead atoms. The van der Waals surface area contributed by atoms with E-state index in [1.54, 1.807) is 30.2 Å². The van der Waals surface area contributed by atoms with E-state index in [0.29, 0.717) is 13.1 Å². The summed E-state index contributed by atoms with van der Waals surface area (Å²) in [5.74, 6) is 0.697. The molecule has 1 N–H and O–H groups in total. The number of ether oxygens (including phenoxy) is 1. The van der Waals surface area contributed by atoms with Gasteiger partial charge in [0.2, 0.25) is 15.9 Å². The van der Waals surface area contributed by atoms with Gasteiger partial charge in [-0.05, 0) is 35.9 Å². The molecule has 0 aliphatic carbocycles. The van der Waals surface area contributed by atoms with Crippen LogP contribution in [0.1, 0.15) is 5.56 Å². The summed E-state index contributed by atoms with van der Waals surface area (Å²) < 4.78 is 32.4. The predicted molar refractivity (Wildman–Crippen MR) is 115 cm³/mol. The first-order valence-corrected chi connectivity index (χ1v) is 11.4. The molecule has 0 radical (unpaired) electrons. The number of sulfonamides is 1. The minimum absolute atomic E-state index is 0.0338. The third-order valence-corrected chi connectivity index (χ3v) is 7.76. The molecule has 30 heavy (non-hydrogen) atoms. The van der Waals surface area contributed by atoms with Gasteiger partial charge in [0.1, 0.15) is 10.6 Å². The number of piperazine rings is 1. The van der Waals surface area contributed by atoms with Gasteiger partial charge < -0.3 is 14.6 Å². The molecule has 0 saturated carbocycles. The number of amides is 1. The van der Waals surface area contributed by atoms with Crippen LogP contribution in [0, 0.1) is 0 Å². The van der Waals surface area contributed by atoms with Crippen molar-refractivity contribution in [3.63, 3.8) is 0 Å². The van der Waals surface area contributed by atoms with Crippen LogP contribution in [-0.2, 0) is 21.2 Å². The maximum Gasteiger partial charge on any atom is 0.244 e. The lowest BCUT2D eigenvalue weighted by Gasteiger charge is -2.34. The van der Waals surface area contributed by atoms with Crippen molar-refractivity contribution in [3.8, 4) is 5.75 Å². The smallest absolute Gasteiger partial charge is 0.244 e. The quantitative estimate of drug-likeness (QED) is 0.652. The number of carbonyl (C=O) groups excluding carboxylic acids is 1. The second-order valence-corrected chi connectivity index (χ2v) is 9.43. The van der Waals surface area contributed by atoms with E-state index in [1.165, 1.54) is 10.4 Å². The van der Waals surface area contributed by atoms with E-state index in [9.17, 15) is 13.2 Å². The number of nitrogens with one attached hydrogen (secondary N) is 1. The van der Waals surface area contributed by atoms with Gasteiger partial charge in [-0.3, -0.25) is 4.79 Å². The third kappa shape index (κ3) is 3.90. The highest BCUT2D eigenvalue weighted by Crippen LogP contribution is 2.26. The zero-order chi connectivity index (χ0) is 21.3. The number of aromatic nitrogens is 1. The highest BCUT2D eigenvalue weighted by atomic mass is 35.5. The molecular weight excluding hydrogens is 426 g/mol. The maximum absolute atomic E-state index is 12.9. The normalized spacial score (nSPS) is 15.5. The fourth-order valence-corrected chi connectivity index (χ4v) is 5.59. The molecule has 9 heteroatoms. The molecule has 1 aliphatic rings. The van der Waals surface area contributed by atoms with Crippen LogP contribution in [-0.4, -0.2) is 61.8 Å². The summed E-state index contributed by atoms with van der Waals surface area (Å²) in [5, 5.41) is 1.15. The van der Waals surface area contributed by atoms with Crippen LogP contribution in [0.3, 0.4) is 0 Å². The summed E-state index contributed by atoms with van der Waals surface area (Å²) in [4.78, 5) is 17.8. The van der Waals surface area contributed by atoms with E-state index >= 15 is 0 Å². The first-order valence-electron chi connectivity index (χ1n) is 9.56. The Kier molecular flexibility index (Phi) is 5.73. The number of halogens is 1. The summed E-state index contributed by atoms with van der Waals surface area (Å²) in [5.41, 5.74) is 1.83. The summed E-state index contributed by atoms with van der Waals surface area (Å²) >= 11 is 6.07. The average molecular weight is 448 g/mol. The molecule has 0 unspecified atom stereocenters. The molecule has 2 heterocycles. The molecule has 1 amide bonds. The largest absolute Gasteiger partial charge is 0.497 e. The fraction of sp³-hybridized carbons (Fsp3) is 0.286. The molecule has 158 valence electrons. The maximum atomic E-state index is 12.9. The highest BCUT2D eigenvalue weighted by Gasteiger charge is 2.31. The van der Waals surface area contributed by atoms with Gasteiger partial charge in [0.15, 0.2) is 0 Å². The standard InChI is InChI=1S/C21H22ClN3O4S/c1-29-16-6-7-19-17(13-16)15(14-23-19)12-21(26)24-8-10-25(11-9-24)30(27,28)20-5-3-2-4-18(20)22/h2-7,13-14,23H,8-12H2,1H3. The van der Waals surface area contributed by atoms with Gasteiger partial charge >= 0.3 is 0 Å². The van der Waals surface area contributed by atoms with Crippen molar-refractivity contribution in [1.82, 2.24) is 14.2 Å². The number of fused-ring (bicyclic) bond motifs is 1. The van der Waals surface area contributed by atoms with Gasteiger partial charge in [-0.25, -0.2) is 8.42 Å². The number of carbonyl (C=O) groups is 1. The second-order valence-electron chi connectivity index (χ2n) is 7.12. The van der Waals surface area contributed by atoms with Crippen molar-refractivity contribution in [3.05, 3.63) is 59.2 Å². The average Bonchev–Trinajstić information content (AvgIpc) is 3.15. The van der Waals surface area contributed by atoms with E-state index in [-0.39, 0.29) is 35.3 Å². The number of hydrogen-bond donors (Lipinski definition) is 1. The lowest BCUT2D eigenvalue weighted by Crippen LogP contribution is -2.50. The lowest BCUT2D eigenvalue weighted by molar-refractivity contribution is -0.131. The van der Waals surface area contributed by atoms with Gasteiger partial charge in [0.25, 0.3) is 0 Å². The number of aromatic amines is 1. The topological polar surface area (TPSA) is 82.7 Å². The van der Waals surface area contributed by atoms with Gasteiger partial charge in [-0.1, -0.05) is 23.7 Å². The van der Waals surface area contributed by atoms with E-state index in [0.717, 1.165) is 22.2 Å². The fourth-order valence-electron chi connectivity index (χ4n) is 3.68. The Hall–Kier alpha value is -2.55. The van der Waals surface area contributed by atoms with Gasteiger partial charge in [-0.2, -0.15) is 4.31 Å². The number of hydrogen-bond acceptors (Lipinski definition) is 4. The minimum Gasteiger partial charge on any atom is -0.497 e. The number of methoxy groups -OCH3 is 1. The molecule has 1 fully saturated rings. The first kappa shape index (κ1) is 20.7. The molecule has 1 aromatic heterocycles. The van der Waals surface area contributed by atoms with Crippen molar-refractivity contribution in [2.75, 3.05) is 33.3 Å². The highest BCUT2D eigenvalue weighted by molar-refractivity contribution is 7.89. The Morgan fingerprint density at radius 3 is 2.57 bits per heavy atom. The van der Waals surface area contributed by atoms with Crippen LogP contribution >= 0.6 is 11.6 Å². The van der Waals surface area contributed by atoms with Gasteiger partial charge in [0, 0.05) is 43.3 Å². The van der Waals surface area contributed by atoms with Crippen molar-refractivity contribution >= 4 is 38.4 Å². The Bertz CT molecular complexity index is 1180. The van der Waals surface area contributed by atoms with Crippen LogP contribution in [0.4, 0.5) is 0 Å². The molecule has 0 atom stereocenters. The molecule has 2 aromatic carbocycles. The third-order valence-electron chi connectivity index (χ3n) is 5.36. The molecule has 3 aromatic rings. The molecule has 7 nitrogen and oxygen atoms in total. The van der Waals surface area contributed by atoms with Gasteiger partial charge in [0.05, 0.1) is 18.6 Å².